The van der Waals surface area contributed by atoms with E-state index >= 15 is 0 Å². The molecular formula is C7H8N2O6. The molecule has 1 unspecified atom stereocenters. The van der Waals surface area contributed by atoms with Crippen molar-refractivity contribution in [2.75, 3.05) is 0 Å². The van der Waals surface area contributed by atoms with Gasteiger partial charge in [0.1, 0.15) is 5.54 Å². The van der Waals surface area contributed by atoms with Crippen molar-refractivity contribution in [3.05, 3.63) is 0 Å². The molecule has 0 aromatic rings. The summed E-state index contributed by atoms with van der Waals surface area (Å²) in [7, 11) is 0. The first kappa shape index (κ1) is 11.0. The van der Waals surface area contributed by atoms with Crippen LogP contribution in [0, 0.1) is 5.92 Å². The van der Waals surface area contributed by atoms with Gasteiger partial charge in [-0.25, -0.2) is 4.79 Å². The van der Waals surface area contributed by atoms with Gasteiger partial charge in [0.05, 0.1) is 0 Å². The Kier molecular flexibility index (Phi) is 2.36. The van der Waals surface area contributed by atoms with E-state index in [4.69, 9.17) is 10.2 Å². The molecule has 0 radical (unpaired) electrons. The second-order valence-electron chi connectivity index (χ2n) is 3.22. The highest BCUT2D eigenvalue weighted by Gasteiger charge is 2.55. The van der Waals surface area contributed by atoms with Crippen molar-refractivity contribution in [2.45, 2.75) is 12.5 Å². The van der Waals surface area contributed by atoms with Crippen LogP contribution in [0.1, 0.15) is 6.92 Å². The van der Waals surface area contributed by atoms with Gasteiger partial charge in [0.25, 0.3) is 5.91 Å². The Morgan fingerprint density at radius 1 is 1.27 bits per heavy atom. The maximum Gasteiger partial charge on any atom is 0.322 e. The zero-order chi connectivity index (χ0) is 11.8. The number of aliphatic carboxylic acids is 2. The second-order valence-corrected chi connectivity index (χ2v) is 3.22. The first-order valence-electron chi connectivity index (χ1n) is 3.88. The molecule has 1 aliphatic rings. The minimum absolute atomic E-state index is 0.907. The Labute approximate surface area is 83.3 Å². The molecule has 82 valence electrons. The lowest BCUT2D eigenvalue weighted by atomic mass is 9.86. The molecule has 1 aliphatic heterocycles. The van der Waals surface area contributed by atoms with Crippen molar-refractivity contribution < 1.29 is 29.4 Å². The molecule has 1 fully saturated rings. The van der Waals surface area contributed by atoms with E-state index < -0.39 is 35.3 Å². The quantitative estimate of drug-likeness (QED) is 0.330. The lowest BCUT2D eigenvalue weighted by molar-refractivity contribution is -0.160. The number of hydrogen-bond donors (Lipinski definition) is 4. The van der Waals surface area contributed by atoms with Crippen LogP contribution in [0.3, 0.4) is 0 Å². The van der Waals surface area contributed by atoms with E-state index in [0.29, 0.717) is 0 Å². The van der Waals surface area contributed by atoms with Gasteiger partial charge in [-0.15, -0.1) is 0 Å². The summed E-state index contributed by atoms with van der Waals surface area (Å²) in [6, 6.07) is -0.907. The minimum atomic E-state index is -2.02. The van der Waals surface area contributed by atoms with E-state index in [1.54, 1.807) is 5.32 Å². The van der Waals surface area contributed by atoms with Gasteiger partial charge in [-0.2, -0.15) is 0 Å². The lowest BCUT2D eigenvalue weighted by Gasteiger charge is -2.24. The van der Waals surface area contributed by atoms with Gasteiger partial charge in [-0.3, -0.25) is 19.7 Å². The first-order chi connectivity index (χ1) is 6.79. The lowest BCUT2D eigenvalue weighted by Crippen LogP contribution is -2.56. The molecule has 0 aromatic heterocycles. The number of rotatable bonds is 3. The third kappa shape index (κ3) is 1.60. The summed E-state index contributed by atoms with van der Waals surface area (Å²) >= 11 is 0. The van der Waals surface area contributed by atoms with Crippen LogP contribution in [-0.2, 0) is 14.4 Å². The smallest absolute Gasteiger partial charge is 0.322 e. The number of imide groups is 1. The molecule has 1 rings (SSSR count). The van der Waals surface area contributed by atoms with Crippen molar-refractivity contribution >= 4 is 23.9 Å². The van der Waals surface area contributed by atoms with Gasteiger partial charge < -0.3 is 15.5 Å². The van der Waals surface area contributed by atoms with Crippen molar-refractivity contribution in [3.63, 3.8) is 0 Å². The Morgan fingerprint density at radius 2 is 1.73 bits per heavy atom. The molecule has 8 heteroatoms. The van der Waals surface area contributed by atoms with E-state index in [-0.39, 0.29) is 0 Å². The summed E-state index contributed by atoms with van der Waals surface area (Å²) < 4.78 is 0. The molecule has 1 heterocycles. The summed E-state index contributed by atoms with van der Waals surface area (Å²) in [5.74, 6) is -6.38. The van der Waals surface area contributed by atoms with Gasteiger partial charge >= 0.3 is 18.0 Å². The number of urea groups is 1. The average Bonchev–Trinajstić information content (AvgIpc) is 2.23. The predicted octanol–water partition coefficient (Wildman–Crippen LogP) is -1.63. The monoisotopic (exact) mass is 216 g/mol. The number of carbonyl (C=O) groups excluding carboxylic acids is 2. The summed E-state index contributed by atoms with van der Waals surface area (Å²) in [4.78, 5) is 43.4. The molecule has 1 atom stereocenters. The Morgan fingerprint density at radius 3 is 2.00 bits per heavy atom. The molecule has 3 amide bonds. The topological polar surface area (TPSA) is 133 Å². The third-order valence-corrected chi connectivity index (χ3v) is 2.14. The Bertz CT molecular complexity index is 350. The molecule has 0 aliphatic carbocycles. The van der Waals surface area contributed by atoms with Crippen LogP contribution in [0.15, 0.2) is 0 Å². The number of carboxylic acids is 2. The van der Waals surface area contributed by atoms with E-state index in [9.17, 15) is 19.2 Å². The highest BCUT2D eigenvalue weighted by Crippen LogP contribution is 2.21. The molecular weight excluding hydrogens is 208 g/mol. The SMILES string of the molecule is CC1(C(C(=O)O)C(=O)O)NC(=O)NC1=O. The van der Waals surface area contributed by atoms with Gasteiger partial charge in [-0.1, -0.05) is 0 Å². The van der Waals surface area contributed by atoms with Crippen molar-refractivity contribution in [1.29, 1.82) is 0 Å². The summed E-state index contributed by atoms with van der Waals surface area (Å²) in [5.41, 5.74) is -1.96. The third-order valence-electron chi connectivity index (χ3n) is 2.14. The average molecular weight is 216 g/mol. The van der Waals surface area contributed by atoms with Gasteiger partial charge in [0.2, 0.25) is 0 Å². The fraction of sp³-hybridized carbons (Fsp3) is 0.429. The second kappa shape index (κ2) is 3.23. The number of nitrogens with one attached hydrogen (secondary N) is 2. The van der Waals surface area contributed by atoms with Crippen molar-refractivity contribution in [3.8, 4) is 0 Å². The molecule has 4 N–H and O–H groups in total. The van der Waals surface area contributed by atoms with Gasteiger partial charge in [0, 0.05) is 0 Å². The van der Waals surface area contributed by atoms with E-state index in [1.807, 2.05) is 5.32 Å². The van der Waals surface area contributed by atoms with Gasteiger partial charge in [-0.05, 0) is 6.92 Å². The number of carboxylic acid groups (broad SMARTS) is 2. The molecule has 8 nitrogen and oxygen atoms in total. The van der Waals surface area contributed by atoms with Crippen LogP contribution >= 0.6 is 0 Å². The fourth-order valence-corrected chi connectivity index (χ4v) is 1.36. The molecule has 15 heavy (non-hydrogen) atoms. The van der Waals surface area contributed by atoms with Crippen LogP contribution in [-0.4, -0.2) is 39.6 Å². The standard InChI is InChI=1S/C7H8N2O6/c1-7(2(3(10)11)4(12)13)5(14)8-6(15)9-7/h2H,1H3,(H,10,11)(H,12,13)(H2,8,9,14,15). The fourth-order valence-electron chi connectivity index (χ4n) is 1.36. The molecule has 0 spiro atoms. The number of amides is 3. The molecule has 0 aromatic carbocycles. The van der Waals surface area contributed by atoms with E-state index in [0.717, 1.165) is 6.92 Å². The number of hydrogen-bond acceptors (Lipinski definition) is 4. The Hall–Kier alpha value is -2.12. The van der Waals surface area contributed by atoms with Crippen molar-refractivity contribution in [1.82, 2.24) is 10.6 Å². The van der Waals surface area contributed by atoms with Crippen LogP contribution in [0.4, 0.5) is 4.79 Å². The largest absolute Gasteiger partial charge is 0.481 e. The Balaban J connectivity index is 3.12. The zero-order valence-electron chi connectivity index (χ0n) is 7.60. The maximum atomic E-state index is 11.2. The summed E-state index contributed by atoms with van der Waals surface area (Å²) in [6.45, 7) is 1.04. The van der Waals surface area contributed by atoms with Crippen LogP contribution in [0.5, 0.6) is 0 Å². The minimum Gasteiger partial charge on any atom is -0.481 e. The van der Waals surface area contributed by atoms with E-state index in [1.165, 1.54) is 0 Å². The normalized spacial score (nSPS) is 24.9. The van der Waals surface area contributed by atoms with Crippen molar-refractivity contribution in [2.24, 2.45) is 5.92 Å². The number of carbonyl (C=O) groups is 4. The highest BCUT2D eigenvalue weighted by atomic mass is 16.4. The molecule has 0 bridgehead atoms. The highest BCUT2D eigenvalue weighted by molar-refractivity contribution is 6.12. The molecule has 0 saturated carbocycles. The summed E-state index contributed by atoms with van der Waals surface area (Å²) in [6.07, 6.45) is 0. The van der Waals surface area contributed by atoms with Gasteiger partial charge in [0.15, 0.2) is 5.92 Å². The summed E-state index contributed by atoms with van der Waals surface area (Å²) in [5, 5.41) is 21.1. The first-order valence-corrected chi connectivity index (χ1v) is 3.88. The van der Waals surface area contributed by atoms with Crippen LogP contribution in [0.2, 0.25) is 0 Å². The van der Waals surface area contributed by atoms with Crippen LogP contribution in [0.25, 0.3) is 0 Å². The molecule has 1 saturated heterocycles. The zero-order valence-corrected chi connectivity index (χ0v) is 7.60. The van der Waals surface area contributed by atoms with E-state index in [2.05, 4.69) is 0 Å². The predicted molar refractivity (Wildman–Crippen MR) is 43.8 cm³/mol. The maximum absolute atomic E-state index is 11.2. The van der Waals surface area contributed by atoms with Crippen LogP contribution < -0.4 is 10.6 Å².